The summed E-state index contributed by atoms with van der Waals surface area (Å²) in [6.07, 6.45) is 8.06. The zero-order chi connectivity index (χ0) is 10.7. The van der Waals surface area contributed by atoms with Gasteiger partial charge in [-0.2, -0.15) is 0 Å². The normalized spacial score (nSPS) is 26.3. The molecule has 1 aliphatic carbocycles. The van der Waals surface area contributed by atoms with Gasteiger partial charge < -0.3 is 4.74 Å². The van der Waals surface area contributed by atoms with Gasteiger partial charge >= 0.3 is 0 Å². The molecule has 0 aromatic carbocycles. The standard InChI is InChI=1S/C11H15ClN2O/c1-8-2-4-9(5-3-8)15-11-10(12)13-6-7-14-11/h6-9H,2-5H2,1H3. The van der Waals surface area contributed by atoms with Gasteiger partial charge in [0, 0.05) is 12.4 Å². The highest BCUT2D eigenvalue weighted by atomic mass is 35.5. The summed E-state index contributed by atoms with van der Waals surface area (Å²) in [6.45, 7) is 2.28. The van der Waals surface area contributed by atoms with Crippen molar-refractivity contribution in [3.8, 4) is 5.88 Å². The zero-order valence-corrected chi connectivity index (χ0v) is 9.57. The summed E-state index contributed by atoms with van der Waals surface area (Å²) in [5.41, 5.74) is 0. The number of hydrogen-bond donors (Lipinski definition) is 0. The molecule has 0 N–H and O–H groups in total. The maximum atomic E-state index is 5.87. The van der Waals surface area contributed by atoms with Crippen LogP contribution in [0.3, 0.4) is 0 Å². The second-order valence-electron chi connectivity index (χ2n) is 4.15. The summed E-state index contributed by atoms with van der Waals surface area (Å²) in [4.78, 5) is 8.01. The average Bonchev–Trinajstić information content (AvgIpc) is 2.25. The van der Waals surface area contributed by atoms with Crippen molar-refractivity contribution in [2.45, 2.75) is 38.7 Å². The Kier molecular flexibility index (Phi) is 3.41. The Balaban J connectivity index is 1.95. The van der Waals surface area contributed by atoms with E-state index in [-0.39, 0.29) is 6.10 Å². The fraction of sp³-hybridized carbons (Fsp3) is 0.636. The van der Waals surface area contributed by atoms with Gasteiger partial charge in [-0.1, -0.05) is 18.5 Å². The minimum Gasteiger partial charge on any atom is -0.472 e. The van der Waals surface area contributed by atoms with E-state index < -0.39 is 0 Å². The van der Waals surface area contributed by atoms with Crippen LogP contribution in [0.15, 0.2) is 12.4 Å². The topological polar surface area (TPSA) is 35.0 Å². The minimum atomic E-state index is 0.260. The Morgan fingerprint density at radius 3 is 2.53 bits per heavy atom. The van der Waals surface area contributed by atoms with E-state index >= 15 is 0 Å². The van der Waals surface area contributed by atoms with Crippen LogP contribution in [-0.4, -0.2) is 16.1 Å². The number of halogens is 1. The molecule has 0 atom stereocenters. The van der Waals surface area contributed by atoms with E-state index in [9.17, 15) is 0 Å². The van der Waals surface area contributed by atoms with E-state index in [0.29, 0.717) is 11.0 Å². The van der Waals surface area contributed by atoms with E-state index in [1.165, 1.54) is 12.8 Å². The second-order valence-corrected chi connectivity index (χ2v) is 4.51. The lowest BCUT2D eigenvalue weighted by atomic mass is 9.89. The third-order valence-electron chi connectivity index (χ3n) is 2.86. The van der Waals surface area contributed by atoms with Crippen molar-refractivity contribution in [1.29, 1.82) is 0 Å². The monoisotopic (exact) mass is 226 g/mol. The molecular weight excluding hydrogens is 212 g/mol. The van der Waals surface area contributed by atoms with Gasteiger partial charge in [-0.25, -0.2) is 9.97 Å². The molecule has 1 heterocycles. The Morgan fingerprint density at radius 1 is 1.20 bits per heavy atom. The fourth-order valence-corrected chi connectivity index (χ4v) is 2.04. The predicted octanol–water partition coefficient (Wildman–Crippen LogP) is 3.09. The quantitative estimate of drug-likeness (QED) is 0.778. The Hall–Kier alpha value is -0.830. The van der Waals surface area contributed by atoms with Crippen molar-refractivity contribution in [2.75, 3.05) is 0 Å². The number of nitrogens with zero attached hydrogens (tertiary/aromatic N) is 2. The second kappa shape index (κ2) is 4.79. The lowest BCUT2D eigenvalue weighted by Crippen LogP contribution is -2.23. The van der Waals surface area contributed by atoms with Crippen LogP contribution in [0.5, 0.6) is 5.88 Å². The first-order chi connectivity index (χ1) is 7.25. The summed E-state index contributed by atoms with van der Waals surface area (Å²) in [5, 5.41) is 0.358. The SMILES string of the molecule is CC1CCC(Oc2nccnc2Cl)CC1. The molecule has 1 fully saturated rings. The molecule has 0 aliphatic heterocycles. The van der Waals surface area contributed by atoms with Crippen molar-refractivity contribution >= 4 is 11.6 Å². The summed E-state index contributed by atoms with van der Waals surface area (Å²) in [6, 6.07) is 0. The maximum Gasteiger partial charge on any atom is 0.252 e. The highest BCUT2D eigenvalue weighted by molar-refractivity contribution is 6.30. The molecular formula is C11H15ClN2O. The van der Waals surface area contributed by atoms with Gasteiger partial charge in [-0.15, -0.1) is 0 Å². The van der Waals surface area contributed by atoms with Crippen LogP contribution >= 0.6 is 11.6 Å². The van der Waals surface area contributed by atoms with E-state index in [4.69, 9.17) is 16.3 Å². The van der Waals surface area contributed by atoms with Crippen LogP contribution in [0.1, 0.15) is 32.6 Å². The van der Waals surface area contributed by atoms with Crippen LogP contribution in [0.25, 0.3) is 0 Å². The van der Waals surface area contributed by atoms with Gasteiger partial charge in [-0.05, 0) is 31.6 Å². The Labute approximate surface area is 94.8 Å². The van der Waals surface area contributed by atoms with Crippen molar-refractivity contribution < 1.29 is 4.74 Å². The van der Waals surface area contributed by atoms with E-state index in [1.807, 2.05) is 0 Å². The summed E-state index contributed by atoms with van der Waals surface area (Å²) in [5.74, 6) is 1.29. The van der Waals surface area contributed by atoms with Gasteiger partial charge in [0.05, 0.1) is 0 Å². The van der Waals surface area contributed by atoms with Gasteiger partial charge in [0.15, 0.2) is 5.15 Å². The molecule has 3 nitrogen and oxygen atoms in total. The van der Waals surface area contributed by atoms with E-state index in [0.717, 1.165) is 18.8 Å². The van der Waals surface area contributed by atoms with Crippen molar-refractivity contribution in [3.63, 3.8) is 0 Å². The Bertz CT molecular complexity index is 324. The summed E-state index contributed by atoms with van der Waals surface area (Å²) < 4.78 is 5.73. The molecule has 1 aromatic rings. The predicted molar refractivity (Wildman–Crippen MR) is 59.1 cm³/mol. The van der Waals surface area contributed by atoms with Crippen LogP contribution in [-0.2, 0) is 0 Å². The van der Waals surface area contributed by atoms with Gasteiger partial charge in [-0.3, -0.25) is 0 Å². The molecule has 1 saturated carbocycles. The third kappa shape index (κ3) is 2.81. The van der Waals surface area contributed by atoms with Crippen molar-refractivity contribution in [3.05, 3.63) is 17.5 Å². The summed E-state index contributed by atoms with van der Waals surface area (Å²) in [7, 11) is 0. The Morgan fingerprint density at radius 2 is 1.87 bits per heavy atom. The molecule has 82 valence electrons. The lowest BCUT2D eigenvalue weighted by Gasteiger charge is -2.26. The third-order valence-corrected chi connectivity index (χ3v) is 3.12. The van der Waals surface area contributed by atoms with Crippen LogP contribution in [0, 0.1) is 5.92 Å². The fourth-order valence-electron chi connectivity index (χ4n) is 1.89. The van der Waals surface area contributed by atoms with Crippen LogP contribution in [0.4, 0.5) is 0 Å². The molecule has 2 rings (SSSR count). The van der Waals surface area contributed by atoms with Crippen molar-refractivity contribution in [1.82, 2.24) is 9.97 Å². The largest absolute Gasteiger partial charge is 0.472 e. The van der Waals surface area contributed by atoms with E-state index in [2.05, 4.69) is 16.9 Å². The maximum absolute atomic E-state index is 5.87. The van der Waals surface area contributed by atoms with Crippen LogP contribution < -0.4 is 4.74 Å². The molecule has 1 aromatic heterocycles. The molecule has 0 radical (unpaired) electrons. The molecule has 0 saturated heterocycles. The highest BCUT2D eigenvalue weighted by Gasteiger charge is 2.20. The van der Waals surface area contributed by atoms with Gasteiger partial charge in [0.1, 0.15) is 6.10 Å². The minimum absolute atomic E-state index is 0.260. The number of ether oxygens (including phenoxy) is 1. The van der Waals surface area contributed by atoms with Gasteiger partial charge in [0.25, 0.3) is 5.88 Å². The smallest absolute Gasteiger partial charge is 0.252 e. The first-order valence-corrected chi connectivity index (χ1v) is 5.76. The number of hydrogen-bond acceptors (Lipinski definition) is 3. The number of rotatable bonds is 2. The molecule has 1 aliphatic rings. The highest BCUT2D eigenvalue weighted by Crippen LogP contribution is 2.28. The first-order valence-electron chi connectivity index (χ1n) is 5.39. The molecule has 0 spiro atoms. The molecule has 4 heteroatoms. The summed E-state index contributed by atoms with van der Waals surface area (Å²) >= 11 is 5.87. The molecule has 15 heavy (non-hydrogen) atoms. The molecule has 0 amide bonds. The zero-order valence-electron chi connectivity index (χ0n) is 8.82. The lowest BCUT2D eigenvalue weighted by molar-refractivity contribution is 0.129. The number of aromatic nitrogens is 2. The average molecular weight is 227 g/mol. The first kappa shape index (κ1) is 10.7. The van der Waals surface area contributed by atoms with Gasteiger partial charge in [0.2, 0.25) is 0 Å². The molecule has 0 bridgehead atoms. The molecule has 0 unspecified atom stereocenters. The van der Waals surface area contributed by atoms with E-state index in [1.54, 1.807) is 12.4 Å². The van der Waals surface area contributed by atoms with Crippen LogP contribution in [0.2, 0.25) is 5.15 Å². The van der Waals surface area contributed by atoms with Crippen molar-refractivity contribution in [2.24, 2.45) is 5.92 Å².